The summed E-state index contributed by atoms with van der Waals surface area (Å²) < 4.78 is 0. The van der Waals surface area contributed by atoms with Crippen molar-refractivity contribution >= 4 is 17.7 Å². The minimum atomic E-state index is -1.29. The number of anilines is 1. The maximum absolute atomic E-state index is 10.6. The molecule has 0 aliphatic heterocycles. The first kappa shape index (κ1) is 9.18. The highest BCUT2D eigenvalue weighted by Crippen LogP contribution is 2.03. The molecule has 0 radical (unpaired) electrons. The molecule has 0 bridgehead atoms. The fourth-order valence-electron chi connectivity index (χ4n) is 0.769. The monoisotopic (exact) mass is 179 g/mol. The highest BCUT2D eigenvalue weighted by molar-refractivity contribution is 5.89. The van der Waals surface area contributed by atoms with Crippen LogP contribution in [0.25, 0.3) is 0 Å². The van der Waals surface area contributed by atoms with Gasteiger partial charge in [-0.2, -0.15) is 0 Å². The second-order valence-corrected chi connectivity index (χ2v) is 2.40. The fraction of sp³-hybridized carbons (Fsp3) is 0.125. The van der Waals surface area contributed by atoms with E-state index in [1.54, 1.807) is 0 Å². The Morgan fingerprint density at radius 2 is 2.15 bits per heavy atom. The van der Waals surface area contributed by atoms with E-state index in [0.29, 0.717) is 5.82 Å². The van der Waals surface area contributed by atoms with Gasteiger partial charge in [0.1, 0.15) is 5.82 Å². The van der Waals surface area contributed by atoms with Gasteiger partial charge in [0.15, 0.2) is 0 Å². The molecule has 1 N–H and O–H groups in total. The molecule has 0 spiro atoms. The molecule has 0 unspecified atom stereocenters. The van der Waals surface area contributed by atoms with E-state index < -0.39 is 5.97 Å². The van der Waals surface area contributed by atoms with Gasteiger partial charge in [-0.25, -0.2) is 4.98 Å². The van der Waals surface area contributed by atoms with Crippen molar-refractivity contribution in [2.75, 3.05) is 5.32 Å². The van der Waals surface area contributed by atoms with Crippen LogP contribution in [-0.2, 0) is 4.79 Å². The number of pyridine rings is 1. The van der Waals surface area contributed by atoms with Crippen molar-refractivity contribution in [1.29, 1.82) is 0 Å². The predicted molar refractivity (Wildman–Crippen MR) is 42.9 cm³/mol. The highest BCUT2D eigenvalue weighted by Gasteiger charge is 1.97. The number of nitrogens with zero attached hydrogens (tertiary/aromatic N) is 1. The van der Waals surface area contributed by atoms with Crippen molar-refractivity contribution in [3.05, 3.63) is 23.9 Å². The molecule has 0 atom stereocenters. The van der Waals surface area contributed by atoms with Crippen LogP contribution in [0.5, 0.6) is 0 Å². The summed E-state index contributed by atoms with van der Waals surface area (Å²) in [6.07, 6.45) is 1.13. The van der Waals surface area contributed by atoms with Gasteiger partial charge in [0.25, 0.3) is 0 Å². The molecule has 5 heteroatoms. The summed E-state index contributed by atoms with van der Waals surface area (Å²) >= 11 is 0. The molecule has 1 rings (SSSR count). The largest absolute Gasteiger partial charge is 0.545 e. The summed E-state index contributed by atoms with van der Waals surface area (Å²) in [6.45, 7) is 1.34. The number of hydrogen-bond donors (Lipinski definition) is 1. The second kappa shape index (κ2) is 3.66. The van der Waals surface area contributed by atoms with E-state index in [1.165, 1.54) is 19.1 Å². The number of carboxylic acid groups (broad SMARTS) is 1. The first-order valence-electron chi connectivity index (χ1n) is 3.54. The average Bonchev–Trinajstić information content (AvgIpc) is 2.04. The Kier molecular flexibility index (Phi) is 2.59. The average molecular weight is 179 g/mol. The first-order valence-corrected chi connectivity index (χ1v) is 3.54. The number of aromatic nitrogens is 1. The van der Waals surface area contributed by atoms with Gasteiger partial charge in [-0.3, -0.25) is 4.79 Å². The Hall–Kier alpha value is -1.91. The van der Waals surface area contributed by atoms with Crippen molar-refractivity contribution in [2.45, 2.75) is 6.92 Å². The Morgan fingerprint density at radius 1 is 1.46 bits per heavy atom. The topological polar surface area (TPSA) is 82.1 Å². The number of carboxylic acids is 1. The number of amides is 1. The minimum Gasteiger partial charge on any atom is -0.545 e. The molecular weight excluding hydrogens is 172 g/mol. The third-order valence-electron chi connectivity index (χ3n) is 1.30. The van der Waals surface area contributed by atoms with Gasteiger partial charge in [-0.1, -0.05) is 0 Å². The van der Waals surface area contributed by atoms with Crippen LogP contribution in [0.15, 0.2) is 18.3 Å². The highest BCUT2D eigenvalue weighted by atomic mass is 16.4. The van der Waals surface area contributed by atoms with Crippen LogP contribution in [0.3, 0.4) is 0 Å². The zero-order valence-corrected chi connectivity index (χ0v) is 6.90. The Morgan fingerprint density at radius 3 is 2.54 bits per heavy atom. The summed E-state index contributed by atoms with van der Waals surface area (Å²) in [5.74, 6) is -1.23. The van der Waals surface area contributed by atoms with Gasteiger partial charge in [-0.15, -0.1) is 0 Å². The molecule has 0 fully saturated rings. The van der Waals surface area contributed by atoms with Crippen molar-refractivity contribution < 1.29 is 14.7 Å². The SMILES string of the molecule is CC(=O)Nc1ccc(C(=O)[O-])cn1. The summed E-state index contributed by atoms with van der Waals surface area (Å²) in [6, 6.07) is 2.71. The lowest BCUT2D eigenvalue weighted by atomic mass is 10.3. The Balaban J connectivity index is 2.81. The van der Waals surface area contributed by atoms with Gasteiger partial charge < -0.3 is 15.2 Å². The zero-order valence-electron chi connectivity index (χ0n) is 6.90. The number of hydrogen-bond acceptors (Lipinski definition) is 4. The first-order chi connectivity index (χ1) is 6.09. The Bertz CT molecular complexity index is 332. The van der Waals surface area contributed by atoms with Crippen molar-refractivity contribution in [2.24, 2.45) is 0 Å². The molecule has 1 heterocycles. The third-order valence-corrected chi connectivity index (χ3v) is 1.30. The van der Waals surface area contributed by atoms with Crippen LogP contribution in [0.4, 0.5) is 5.82 Å². The van der Waals surface area contributed by atoms with Crippen molar-refractivity contribution in [3.63, 3.8) is 0 Å². The molecule has 1 amide bonds. The summed E-state index contributed by atoms with van der Waals surface area (Å²) in [5.41, 5.74) is -0.0193. The normalized spacial score (nSPS) is 9.31. The molecule has 0 aliphatic rings. The van der Waals surface area contributed by atoms with E-state index in [-0.39, 0.29) is 11.5 Å². The van der Waals surface area contributed by atoms with Crippen LogP contribution in [0.2, 0.25) is 0 Å². The molecule has 1 aromatic rings. The summed E-state index contributed by atoms with van der Waals surface area (Å²) in [7, 11) is 0. The number of nitrogens with one attached hydrogen (secondary N) is 1. The standard InChI is InChI=1S/C8H8N2O3/c1-5(11)10-7-3-2-6(4-9-7)8(12)13/h2-4H,1H3,(H,12,13)(H,9,10,11)/p-1. The van der Waals surface area contributed by atoms with E-state index >= 15 is 0 Å². The van der Waals surface area contributed by atoms with E-state index in [9.17, 15) is 14.7 Å². The fourth-order valence-corrected chi connectivity index (χ4v) is 0.769. The van der Waals surface area contributed by atoms with E-state index in [4.69, 9.17) is 0 Å². The van der Waals surface area contributed by atoms with Crippen molar-refractivity contribution in [1.82, 2.24) is 4.98 Å². The predicted octanol–water partition coefficient (Wildman–Crippen LogP) is -0.597. The van der Waals surface area contributed by atoms with Gasteiger partial charge >= 0.3 is 0 Å². The maximum Gasteiger partial charge on any atom is 0.222 e. The molecular formula is C8H7N2O3-. The zero-order chi connectivity index (χ0) is 9.84. The number of aromatic carboxylic acids is 1. The molecule has 0 saturated carbocycles. The lowest BCUT2D eigenvalue weighted by molar-refractivity contribution is -0.255. The van der Waals surface area contributed by atoms with Crippen LogP contribution < -0.4 is 10.4 Å². The van der Waals surface area contributed by atoms with Crippen LogP contribution >= 0.6 is 0 Å². The van der Waals surface area contributed by atoms with Crippen LogP contribution in [0.1, 0.15) is 17.3 Å². The van der Waals surface area contributed by atoms with Crippen LogP contribution in [-0.4, -0.2) is 16.9 Å². The quantitative estimate of drug-likeness (QED) is 0.657. The minimum absolute atomic E-state index is 0.0193. The summed E-state index contributed by atoms with van der Waals surface area (Å²) in [5, 5.41) is 12.7. The lowest BCUT2D eigenvalue weighted by Crippen LogP contribution is -2.22. The van der Waals surface area contributed by atoms with Gasteiger partial charge in [-0.05, 0) is 12.1 Å². The molecule has 13 heavy (non-hydrogen) atoms. The van der Waals surface area contributed by atoms with Crippen LogP contribution in [0, 0.1) is 0 Å². The molecule has 5 nitrogen and oxygen atoms in total. The van der Waals surface area contributed by atoms with Gasteiger partial charge in [0.2, 0.25) is 5.91 Å². The van der Waals surface area contributed by atoms with E-state index in [1.807, 2.05) is 0 Å². The van der Waals surface area contributed by atoms with E-state index in [2.05, 4.69) is 10.3 Å². The third kappa shape index (κ3) is 2.55. The molecule has 1 aromatic heterocycles. The molecule has 0 aliphatic carbocycles. The van der Waals surface area contributed by atoms with Gasteiger partial charge in [0, 0.05) is 18.7 Å². The number of carbonyl (C=O) groups excluding carboxylic acids is 2. The lowest BCUT2D eigenvalue weighted by Gasteiger charge is -2.03. The summed E-state index contributed by atoms with van der Waals surface area (Å²) in [4.78, 5) is 24.5. The molecule has 0 aromatic carbocycles. The second-order valence-electron chi connectivity index (χ2n) is 2.40. The smallest absolute Gasteiger partial charge is 0.222 e. The Labute approximate surface area is 74.4 Å². The molecule has 68 valence electrons. The van der Waals surface area contributed by atoms with Gasteiger partial charge in [0.05, 0.1) is 5.97 Å². The van der Waals surface area contributed by atoms with Crippen molar-refractivity contribution in [3.8, 4) is 0 Å². The maximum atomic E-state index is 10.6. The number of carbonyl (C=O) groups is 2. The number of rotatable bonds is 2. The molecule has 0 saturated heterocycles. The van der Waals surface area contributed by atoms with E-state index in [0.717, 1.165) is 6.20 Å².